The van der Waals surface area contributed by atoms with E-state index in [0.717, 1.165) is 34.1 Å². The van der Waals surface area contributed by atoms with Gasteiger partial charge in [0.15, 0.2) is 0 Å². The maximum Gasteiger partial charge on any atom is 0.311 e. The molecule has 3 rings (SSSR count). The maximum atomic E-state index is 12.6. The van der Waals surface area contributed by atoms with Crippen molar-refractivity contribution in [3.63, 3.8) is 0 Å². The van der Waals surface area contributed by atoms with Crippen molar-refractivity contribution in [1.29, 1.82) is 0 Å². The molecule has 0 bridgehead atoms. The highest BCUT2D eigenvalue weighted by Gasteiger charge is 2.43. The lowest BCUT2D eigenvalue weighted by molar-refractivity contribution is 0.526. The van der Waals surface area contributed by atoms with Crippen molar-refractivity contribution >= 4 is 50.5 Å². The van der Waals surface area contributed by atoms with Gasteiger partial charge in [0.05, 0.1) is 5.70 Å². The minimum absolute atomic E-state index is 0.538. The molecule has 1 aliphatic heterocycles. The van der Waals surface area contributed by atoms with E-state index in [-0.39, 0.29) is 0 Å². The molecule has 4 nitrogen and oxygen atoms in total. The second-order valence-electron chi connectivity index (χ2n) is 6.22. The van der Waals surface area contributed by atoms with Gasteiger partial charge in [0, 0.05) is 25.5 Å². The molecule has 8 heteroatoms. The molecule has 0 fully saturated rings. The number of likely N-dealkylation sites (N-methyl/N-ethyl adjacent to an activating group) is 1. The minimum Gasteiger partial charge on any atom is -0.347 e. The largest absolute Gasteiger partial charge is 0.347 e. The Morgan fingerprint density at radius 2 is 1.88 bits per heavy atom. The molecule has 0 unspecified atom stereocenters. The van der Waals surface area contributed by atoms with E-state index in [4.69, 9.17) is 34.8 Å². The van der Waals surface area contributed by atoms with Crippen LogP contribution >= 0.6 is 34.8 Å². The van der Waals surface area contributed by atoms with E-state index in [1.807, 2.05) is 18.3 Å². The van der Waals surface area contributed by atoms with Gasteiger partial charge in [0.2, 0.25) is 0 Å². The monoisotopic (exact) mass is 432 g/mol. The number of halogens is 3. The van der Waals surface area contributed by atoms with Crippen LogP contribution < -0.4 is 4.90 Å². The van der Waals surface area contributed by atoms with Gasteiger partial charge in [-0.25, -0.2) is 8.42 Å². The van der Waals surface area contributed by atoms with Crippen molar-refractivity contribution in [1.82, 2.24) is 4.31 Å². The standard InChI is InChI=1S/C18H19Cl3N2O2S/c1-3-13-8-9-15(17(13)22(2)26(24,25)18(19,20)21)12-23-11-10-14-6-4-5-7-16(14)23/h3-7,12H,1,8-11H2,2H3/b15-12+. The number of sulfonamides is 1. The van der Waals surface area contributed by atoms with Gasteiger partial charge in [-0.2, -0.15) is 0 Å². The van der Waals surface area contributed by atoms with Crippen LogP contribution in [0.25, 0.3) is 0 Å². The molecule has 1 aromatic rings. The molecule has 0 saturated heterocycles. The van der Waals surface area contributed by atoms with Gasteiger partial charge in [-0.3, -0.25) is 4.31 Å². The summed E-state index contributed by atoms with van der Waals surface area (Å²) in [5.41, 5.74) is 4.66. The average molecular weight is 434 g/mol. The number of para-hydroxylation sites is 1. The number of anilines is 1. The van der Waals surface area contributed by atoms with Crippen molar-refractivity contribution in [3.05, 3.63) is 65.5 Å². The van der Waals surface area contributed by atoms with Crippen LogP contribution in [0.2, 0.25) is 0 Å². The van der Waals surface area contributed by atoms with Crippen molar-refractivity contribution in [3.8, 4) is 0 Å². The molecule has 2 aliphatic rings. The first kappa shape index (κ1) is 19.6. The summed E-state index contributed by atoms with van der Waals surface area (Å²) in [4.78, 5) is 2.15. The zero-order valence-corrected chi connectivity index (χ0v) is 17.3. The zero-order valence-electron chi connectivity index (χ0n) is 14.3. The van der Waals surface area contributed by atoms with Gasteiger partial charge in [0.25, 0.3) is 10.0 Å². The van der Waals surface area contributed by atoms with Crippen LogP contribution in [0.1, 0.15) is 18.4 Å². The number of fused-ring (bicyclic) bond motifs is 1. The number of nitrogens with zero attached hydrogens (tertiary/aromatic N) is 2. The molecule has 1 aromatic carbocycles. The first-order chi connectivity index (χ1) is 12.2. The lowest BCUT2D eigenvalue weighted by atomic mass is 10.2. The van der Waals surface area contributed by atoms with Gasteiger partial charge in [0.1, 0.15) is 0 Å². The van der Waals surface area contributed by atoms with Crippen molar-refractivity contribution in [2.24, 2.45) is 0 Å². The Balaban J connectivity index is 2.01. The first-order valence-electron chi connectivity index (χ1n) is 8.13. The van der Waals surface area contributed by atoms with E-state index in [9.17, 15) is 8.42 Å². The first-order valence-corrected chi connectivity index (χ1v) is 10.7. The highest BCUT2D eigenvalue weighted by Crippen LogP contribution is 2.42. The van der Waals surface area contributed by atoms with E-state index in [1.165, 1.54) is 12.6 Å². The normalized spacial score (nSPS) is 19.2. The predicted molar refractivity (Wildman–Crippen MR) is 109 cm³/mol. The Labute approximate surface area is 169 Å². The van der Waals surface area contributed by atoms with Gasteiger partial charge in [-0.1, -0.05) is 65.7 Å². The Hall–Kier alpha value is -1.14. The van der Waals surface area contributed by atoms with E-state index < -0.39 is 13.1 Å². The summed E-state index contributed by atoms with van der Waals surface area (Å²) in [6.07, 6.45) is 6.02. The van der Waals surface area contributed by atoms with E-state index in [0.29, 0.717) is 18.5 Å². The summed E-state index contributed by atoms with van der Waals surface area (Å²) in [5.74, 6) is 0. The van der Waals surface area contributed by atoms with E-state index in [2.05, 4.69) is 23.6 Å². The lowest BCUT2D eigenvalue weighted by Crippen LogP contribution is -2.36. The second kappa shape index (κ2) is 7.12. The van der Waals surface area contributed by atoms with Gasteiger partial charge in [-0.05, 0) is 42.0 Å². The summed E-state index contributed by atoms with van der Waals surface area (Å²) in [6, 6.07) is 8.19. The molecule has 140 valence electrons. The quantitative estimate of drug-likeness (QED) is 0.643. The van der Waals surface area contributed by atoms with Crippen molar-refractivity contribution in [2.45, 2.75) is 22.4 Å². The maximum absolute atomic E-state index is 12.6. The van der Waals surface area contributed by atoms with Gasteiger partial charge >= 0.3 is 3.12 Å². The number of allylic oxidation sites excluding steroid dienone is 3. The van der Waals surface area contributed by atoms with Crippen LogP contribution in [0.15, 0.2) is 60.0 Å². The van der Waals surface area contributed by atoms with Crippen molar-refractivity contribution in [2.75, 3.05) is 18.5 Å². The fourth-order valence-electron chi connectivity index (χ4n) is 3.40. The number of rotatable bonds is 4. The van der Waals surface area contributed by atoms with Crippen LogP contribution in [0, 0.1) is 0 Å². The average Bonchev–Trinajstić information content (AvgIpc) is 3.18. The van der Waals surface area contributed by atoms with Crippen LogP contribution in [0.3, 0.4) is 0 Å². The highest BCUT2D eigenvalue weighted by atomic mass is 35.6. The predicted octanol–water partition coefficient (Wildman–Crippen LogP) is 4.76. The molecule has 0 aromatic heterocycles. The van der Waals surface area contributed by atoms with E-state index >= 15 is 0 Å². The lowest BCUT2D eigenvalue weighted by Gasteiger charge is -2.27. The zero-order chi connectivity index (χ0) is 19.1. The molecule has 0 spiro atoms. The molecule has 0 N–H and O–H groups in total. The Morgan fingerprint density at radius 1 is 1.19 bits per heavy atom. The number of alkyl halides is 3. The number of benzene rings is 1. The van der Waals surface area contributed by atoms with E-state index in [1.54, 1.807) is 6.08 Å². The fourth-order valence-corrected chi connectivity index (χ4v) is 5.12. The fraction of sp³-hybridized carbons (Fsp3) is 0.333. The molecular formula is C18H19Cl3N2O2S. The third-order valence-corrected chi connectivity index (χ3v) is 7.96. The molecule has 0 radical (unpaired) electrons. The summed E-state index contributed by atoms with van der Waals surface area (Å²) in [5, 5.41) is 0. The SMILES string of the molecule is C=CC1=C(N(C)S(=O)(=O)C(Cl)(Cl)Cl)/C(=C/N2CCc3ccccc32)CC1. The molecule has 1 aliphatic carbocycles. The van der Waals surface area contributed by atoms with Crippen LogP contribution in [-0.4, -0.2) is 29.4 Å². The topological polar surface area (TPSA) is 40.6 Å². The molecule has 0 amide bonds. The molecule has 0 saturated carbocycles. The second-order valence-corrected chi connectivity index (χ2v) is 11.3. The number of hydrogen-bond donors (Lipinski definition) is 0. The summed E-state index contributed by atoms with van der Waals surface area (Å²) < 4.78 is 23.8. The molecule has 26 heavy (non-hydrogen) atoms. The van der Waals surface area contributed by atoms with Crippen LogP contribution in [0.5, 0.6) is 0 Å². The Bertz CT molecular complexity index is 901. The molecule has 1 heterocycles. The van der Waals surface area contributed by atoms with Crippen LogP contribution in [-0.2, 0) is 16.4 Å². The third-order valence-electron chi connectivity index (χ3n) is 4.72. The number of hydrogen-bond acceptors (Lipinski definition) is 3. The Kier molecular flexibility index (Phi) is 5.37. The van der Waals surface area contributed by atoms with Crippen molar-refractivity contribution < 1.29 is 8.42 Å². The Morgan fingerprint density at radius 3 is 2.54 bits per heavy atom. The minimum atomic E-state index is -4.17. The smallest absolute Gasteiger partial charge is 0.311 e. The highest BCUT2D eigenvalue weighted by molar-refractivity contribution is 7.95. The van der Waals surface area contributed by atoms with Crippen LogP contribution in [0.4, 0.5) is 5.69 Å². The third kappa shape index (κ3) is 3.38. The summed E-state index contributed by atoms with van der Waals surface area (Å²) in [6.45, 7) is 4.65. The molecular weight excluding hydrogens is 415 g/mol. The molecule has 0 atom stereocenters. The summed E-state index contributed by atoms with van der Waals surface area (Å²) in [7, 11) is -2.76. The summed E-state index contributed by atoms with van der Waals surface area (Å²) >= 11 is 17.1. The van der Waals surface area contributed by atoms with Gasteiger partial charge < -0.3 is 4.90 Å². The van der Waals surface area contributed by atoms with Gasteiger partial charge in [-0.15, -0.1) is 0 Å².